The highest BCUT2D eigenvalue weighted by atomic mass is 33.1. The molecule has 0 bridgehead atoms. The molecule has 0 radical (unpaired) electrons. The zero-order valence-corrected chi connectivity index (χ0v) is 10.8. The smallest absolute Gasteiger partial charge is 0.277 e. The molecule has 0 saturated carbocycles. The third-order valence-electron chi connectivity index (χ3n) is 1.33. The van der Waals surface area contributed by atoms with Gasteiger partial charge in [0, 0.05) is 0 Å². The van der Waals surface area contributed by atoms with Gasteiger partial charge in [-0.25, -0.2) is 0 Å². The normalized spacial score (nSPS) is 9.06. The van der Waals surface area contributed by atoms with E-state index in [1.807, 2.05) is 72.8 Å². The van der Waals surface area contributed by atoms with Crippen LogP contribution in [0.3, 0.4) is 0 Å². The van der Waals surface area contributed by atoms with E-state index in [1.165, 1.54) is 0 Å². The van der Waals surface area contributed by atoms with Gasteiger partial charge in [-0.15, -0.1) is 0 Å². The Labute approximate surface area is 107 Å². The van der Waals surface area contributed by atoms with Crippen LogP contribution in [0, 0.1) is 0 Å². The minimum absolute atomic E-state index is 2.00. The van der Waals surface area contributed by atoms with E-state index in [-0.39, 0.29) is 0 Å². The van der Waals surface area contributed by atoms with Crippen LogP contribution in [-0.4, -0.2) is 13.0 Å². The summed E-state index contributed by atoms with van der Waals surface area (Å²) in [5.41, 5.74) is 0. The van der Waals surface area contributed by atoms with Crippen molar-refractivity contribution in [2.24, 2.45) is 0 Å². The van der Waals surface area contributed by atoms with Gasteiger partial charge in [0.1, 0.15) is 0 Å². The highest BCUT2D eigenvalue weighted by molar-refractivity contribution is 8.61. The molecule has 0 fully saturated rings. The standard InChI is InChI=1S/2C6H6.H2O3S2/c2*1-2-4-6-5-3-1;1-5(2,3)4/h2*1-6H;(H2,1,2,3,4). The lowest BCUT2D eigenvalue weighted by Gasteiger charge is -1.69. The van der Waals surface area contributed by atoms with Gasteiger partial charge < -0.3 is 0 Å². The summed E-state index contributed by atoms with van der Waals surface area (Å²) in [4.78, 5) is 0. The minimum Gasteiger partial charge on any atom is -0.277 e. The van der Waals surface area contributed by atoms with Crippen molar-refractivity contribution in [2.75, 3.05) is 0 Å². The van der Waals surface area contributed by atoms with Crippen molar-refractivity contribution < 1.29 is 13.0 Å². The zero-order valence-electron chi connectivity index (χ0n) is 9.05. The highest BCUT2D eigenvalue weighted by Crippen LogP contribution is 1.81. The molecule has 0 saturated heterocycles. The molecule has 0 heterocycles. The van der Waals surface area contributed by atoms with Crippen molar-refractivity contribution in [2.45, 2.75) is 0 Å². The van der Waals surface area contributed by atoms with Crippen molar-refractivity contribution in [3.05, 3.63) is 72.8 Å². The van der Waals surface area contributed by atoms with E-state index in [1.54, 1.807) is 0 Å². The van der Waals surface area contributed by atoms with Gasteiger partial charge in [0.05, 0.1) is 0 Å². The molecule has 1 N–H and O–H groups in total. The summed E-state index contributed by atoms with van der Waals surface area (Å²) in [7, 11) is -3.97. The second-order valence-electron chi connectivity index (χ2n) is 2.76. The van der Waals surface area contributed by atoms with Crippen LogP contribution in [0.1, 0.15) is 0 Å². The van der Waals surface area contributed by atoms with Crippen LogP contribution in [0.25, 0.3) is 0 Å². The van der Waals surface area contributed by atoms with Gasteiger partial charge in [-0.05, 0) is 11.7 Å². The molecule has 0 aliphatic carbocycles. The largest absolute Gasteiger partial charge is 0.316 e. The molecule has 0 amide bonds. The van der Waals surface area contributed by atoms with Gasteiger partial charge in [0.15, 0.2) is 0 Å². The van der Waals surface area contributed by atoms with Crippen LogP contribution in [0.15, 0.2) is 72.8 Å². The molecule has 0 aliphatic heterocycles. The van der Waals surface area contributed by atoms with Crippen LogP contribution in [0.5, 0.6) is 0 Å². The summed E-state index contributed by atoms with van der Waals surface area (Å²) in [6.07, 6.45) is 0. The number of thiol groups is 1. The first-order chi connectivity index (χ1) is 8.00. The molecule has 2 rings (SSSR count). The van der Waals surface area contributed by atoms with E-state index in [9.17, 15) is 0 Å². The Kier molecular flexibility index (Phi) is 9.14. The Morgan fingerprint density at radius 3 is 0.706 bits per heavy atom. The van der Waals surface area contributed by atoms with Gasteiger partial charge in [-0.2, -0.15) is 8.42 Å². The molecule has 0 aromatic heterocycles. The lowest BCUT2D eigenvalue weighted by Crippen LogP contribution is -1.78. The molecular weight excluding hydrogens is 256 g/mol. The Bertz CT molecular complexity index is 363. The second kappa shape index (κ2) is 9.89. The second-order valence-corrected chi connectivity index (χ2v) is 5.04. The van der Waals surface area contributed by atoms with Gasteiger partial charge in [-0.1, -0.05) is 72.8 Å². The molecule has 5 heteroatoms. The average Bonchev–Trinajstić information content (AvgIpc) is 2.32. The topological polar surface area (TPSA) is 54.4 Å². The molecule has 3 nitrogen and oxygen atoms in total. The van der Waals surface area contributed by atoms with Crippen LogP contribution >= 0.6 is 11.7 Å². The summed E-state index contributed by atoms with van der Waals surface area (Å²) < 4.78 is 25.5. The van der Waals surface area contributed by atoms with E-state index in [0.29, 0.717) is 0 Å². The SMILES string of the molecule is O=S(=O)(O)S.c1ccccc1.c1ccccc1. The first kappa shape index (κ1) is 15.7. The third-order valence-corrected chi connectivity index (χ3v) is 1.33. The van der Waals surface area contributed by atoms with Crippen molar-refractivity contribution in [1.29, 1.82) is 0 Å². The number of hydrogen-bond acceptors (Lipinski definition) is 2. The maximum absolute atomic E-state index is 9.05. The van der Waals surface area contributed by atoms with Crippen LogP contribution in [0.4, 0.5) is 0 Å². The molecule has 0 aliphatic rings. The van der Waals surface area contributed by atoms with Crippen LogP contribution < -0.4 is 0 Å². The molecule has 92 valence electrons. The van der Waals surface area contributed by atoms with E-state index >= 15 is 0 Å². The quantitative estimate of drug-likeness (QED) is 0.439. The Balaban J connectivity index is 0.000000228. The van der Waals surface area contributed by atoms with Gasteiger partial charge in [0.25, 0.3) is 0 Å². The Hall–Kier alpha value is -1.30. The van der Waals surface area contributed by atoms with Crippen molar-refractivity contribution in [3.8, 4) is 0 Å². The third kappa shape index (κ3) is 20.7. The van der Waals surface area contributed by atoms with Gasteiger partial charge >= 0.3 is 9.15 Å². The fraction of sp³-hybridized carbons (Fsp3) is 0. The van der Waals surface area contributed by atoms with Crippen molar-refractivity contribution >= 4 is 20.8 Å². The number of hydrogen-bond donors (Lipinski definition) is 2. The average molecular weight is 270 g/mol. The monoisotopic (exact) mass is 270 g/mol. The van der Waals surface area contributed by atoms with Crippen molar-refractivity contribution in [3.63, 3.8) is 0 Å². The summed E-state index contributed by atoms with van der Waals surface area (Å²) in [6.45, 7) is 0. The lowest BCUT2D eigenvalue weighted by atomic mass is 10.4. The fourth-order valence-corrected chi connectivity index (χ4v) is 0.770. The Morgan fingerprint density at radius 2 is 0.647 bits per heavy atom. The predicted octanol–water partition coefficient (Wildman–Crippen LogP) is 3.09. The molecule has 17 heavy (non-hydrogen) atoms. The molecular formula is C12H14O3S2. The molecule has 2 aromatic rings. The predicted molar refractivity (Wildman–Crippen MR) is 73.4 cm³/mol. The van der Waals surface area contributed by atoms with Crippen LogP contribution in [-0.2, 0) is 9.15 Å². The number of rotatable bonds is 0. The molecule has 0 unspecified atom stereocenters. The summed E-state index contributed by atoms with van der Waals surface area (Å²) in [5.74, 6) is 0. The van der Waals surface area contributed by atoms with E-state index in [0.717, 1.165) is 0 Å². The highest BCUT2D eigenvalue weighted by Gasteiger charge is 1.83. The maximum Gasteiger partial charge on any atom is 0.316 e. The maximum atomic E-state index is 9.05. The van der Waals surface area contributed by atoms with Gasteiger partial charge in [-0.3, -0.25) is 4.55 Å². The summed E-state index contributed by atoms with van der Waals surface area (Å²) in [6, 6.07) is 24.0. The summed E-state index contributed by atoms with van der Waals surface area (Å²) >= 11 is 2.65. The molecule has 2 aromatic carbocycles. The number of benzene rings is 2. The van der Waals surface area contributed by atoms with Crippen molar-refractivity contribution in [1.82, 2.24) is 0 Å². The van der Waals surface area contributed by atoms with E-state index in [4.69, 9.17) is 13.0 Å². The summed E-state index contributed by atoms with van der Waals surface area (Å²) in [5, 5.41) is 0. The first-order valence-corrected chi connectivity index (χ1v) is 7.19. The zero-order chi connectivity index (χ0) is 13.0. The van der Waals surface area contributed by atoms with Gasteiger partial charge in [0.2, 0.25) is 0 Å². The molecule has 0 spiro atoms. The van der Waals surface area contributed by atoms with Crippen LogP contribution in [0.2, 0.25) is 0 Å². The molecule has 0 atom stereocenters. The Morgan fingerprint density at radius 1 is 0.588 bits per heavy atom. The lowest BCUT2D eigenvalue weighted by molar-refractivity contribution is 0.503. The first-order valence-electron chi connectivity index (χ1n) is 4.70. The minimum atomic E-state index is -3.97. The van der Waals surface area contributed by atoms with E-state index < -0.39 is 9.15 Å². The van der Waals surface area contributed by atoms with E-state index in [2.05, 4.69) is 11.7 Å². The fourth-order valence-electron chi connectivity index (χ4n) is 0.770.